The molecule has 0 radical (unpaired) electrons. The Kier molecular flexibility index (Phi) is 5.70. The molecule has 0 aliphatic rings. The molecule has 1 atom stereocenters. The maximum Gasteiger partial charge on any atom is 0.228 e. The zero-order valence-corrected chi connectivity index (χ0v) is 12.0. The molecule has 5 heteroatoms. The standard InChI is InChI=1S/C15H21N3O2/c1-3-16-13(12-8-6-5-7-9-12)10-15-17-14(18-20-15)11-19-4-2/h5-9,13,16H,3-4,10-11H2,1-2H3. The highest BCUT2D eigenvalue weighted by molar-refractivity contribution is 5.19. The largest absolute Gasteiger partial charge is 0.374 e. The van der Waals surface area contributed by atoms with E-state index in [2.05, 4.69) is 34.5 Å². The minimum absolute atomic E-state index is 0.182. The van der Waals surface area contributed by atoms with E-state index in [0.29, 0.717) is 31.3 Å². The SMILES string of the molecule is CCNC(Cc1nc(COCC)no1)c1ccccc1. The van der Waals surface area contributed by atoms with Gasteiger partial charge in [-0.15, -0.1) is 0 Å². The number of hydrogen-bond donors (Lipinski definition) is 1. The second kappa shape index (κ2) is 7.77. The molecule has 0 saturated heterocycles. The average Bonchev–Trinajstić information content (AvgIpc) is 2.93. The molecule has 0 spiro atoms. The van der Waals surface area contributed by atoms with Crippen LogP contribution in [0.3, 0.4) is 0 Å². The summed E-state index contributed by atoms with van der Waals surface area (Å²) in [6.45, 7) is 5.96. The Morgan fingerprint density at radius 1 is 1.25 bits per heavy atom. The maximum atomic E-state index is 5.28. The zero-order valence-electron chi connectivity index (χ0n) is 12.0. The third kappa shape index (κ3) is 4.15. The van der Waals surface area contributed by atoms with Crippen LogP contribution in [0, 0.1) is 0 Å². The van der Waals surface area contributed by atoms with Crippen molar-refractivity contribution in [1.29, 1.82) is 0 Å². The summed E-state index contributed by atoms with van der Waals surface area (Å²) in [5.74, 6) is 1.24. The first-order chi connectivity index (χ1) is 9.83. The second-order valence-corrected chi connectivity index (χ2v) is 4.47. The highest BCUT2D eigenvalue weighted by atomic mass is 16.5. The summed E-state index contributed by atoms with van der Waals surface area (Å²) in [5, 5.41) is 7.36. The van der Waals surface area contributed by atoms with Crippen LogP contribution in [0.1, 0.15) is 37.2 Å². The van der Waals surface area contributed by atoms with Gasteiger partial charge >= 0.3 is 0 Å². The lowest BCUT2D eigenvalue weighted by Crippen LogP contribution is -2.23. The molecular weight excluding hydrogens is 254 g/mol. The molecule has 1 aromatic heterocycles. The molecule has 20 heavy (non-hydrogen) atoms. The van der Waals surface area contributed by atoms with Crippen molar-refractivity contribution in [3.05, 3.63) is 47.6 Å². The van der Waals surface area contributed by atoms with Crippen LogP contribution in [-0.4, -0.2) is 23.3 Å². The normalized spacial score (nSPS) is 12.5. The molecule has 0 fully saturated rings. The third-order valence-corrected chi connectivity index (χ3v) is 2.98. The van der Waals surface area contributed by atoms with Crippen molar-refractivity contribution in [3.63, 3.8) is 0 Å². The highest BCUT2D eigenvalue weighted by Crippen LogP contribution is 2.17. The number of rotatable bonds is 8. The van der Waals surface area contributed by atoms with Gasteiger partial charge in [-0.1, -0.05) is 42.4 Å². The van der Waals surface area contributed by atoms with Crippen LogP contribution in [0.25, 0.3) is 0 Å². The molecule has 0 aliphatic carbocycles. The lowest BCUT2D eigenvalue weighted by Gasteiger charge is -2.16. The zero-order chi connectivity index (χ0) is 14.2. The lowest BCUT2D eigenvalue weighted by atomic mass is 10.0. The first-order valence-corrected chi connectivity index (χ1v) is 7.01. The second-order valence-electron chi connectivity index (χ2n) is 4.47. The molecule has 1 unspecified atom stereocenters. The minimum Gasteiger partial charge on any atom is -0.374 e. The Labute approximate surface area is 119 Å². The molecule has 0 aliphatic heterocycles. The van der Waals surface area contributed by atoms with E-state index in [4.69, 9.17) is 9.26 Å². The van der Waals surface area contributed by atoms with E-state index >= 15 is 0 Å². The summed E-state index contributed by atoms with van der Waals surface area (Å²) < 4.78 is 10.5. The monoisotopic (exact) mass is 275 g/mol. The molecule has 2 rings (SSSR count). The van der Waals surface area contributed by atoms with E-state index in [9.17, 15) is 0 Å². The van der Waals surface area contributed by atoms with Crippen LogP contribution in [0.5, 0.6) is 0 Å². The smallest absolute Gasteiger partial charge is 0.228 e. The van der Waals surface area contributed by atoms with Crippen molar-refractivity contribution in [2.24, 2.45) is 0 Å². The van der Waals surface area contributed by atoms with Crippen LogP contribution < -0.4 is 5.32 Å². The number of nitrogens with one attached hydrogen (secondary N) is 1. The minimum atomic E-state index is 0.182. The van der Waals surface area contributed by atoms with E-state index in [0.717, 1.165) is 6.54 Å². The Bertz CT molecular complexity index is 499. The topological polar surface area (TPSA) is 60.2 Å². The van der Waals surface area contributed by atoms with Crippen LogP contribution in [0.15, 0.2) is 34.9 Å². The van der Waals surface area contributed by atoms with Gasteiger partial charge in [0.2, 0.25) is 5.89 Å². The van der Waals surface area contributed by atoms with Crippen LogP contribution in [0.4, 0.5) is 0 Å². The Balaban J connectivity index is 2.02. The first-order valence-electron chi connectivity index (χ1n) is 7.01. The van der Waals surface area contributed by atoms with Gasteiger partial charge in [-0.3, -0.25) is 0 Å². The Morgan fingerprint density at radius 2 is 2.05 bits per heavy atom. The highest BCUT2D eigenvalue weighted by Gasteiger charge is 2.15. The summed E-state index contributed by atoms with van der Waals surface area (Å²) in [5.41, 5.74) is 1.22. The molecule has 2 aromatic rings. The van der Waals surface area contributed by atoms with Crippen LogP contribution >= 0.6 is 0 Å². The van der Waals surface area contributed by atoms with Crippen molar-refractivity contribution < 1.29 is 9.26 Å². The van der Waals surface area contributed by atoms with E-state index in [1.807, 2.05) is 25.1 Å². The van der Waals surface area contributed by atoms with Crippen molar-refractivity contribution in [3.8, 4) is 0 Å². The number of nitrogens with zero attached hydrogens (tertiary/aromatic N) is 2. The van der Waals surface area contributed by atoms with Gasteiger partial charge in [-0.05, 0) is 19.0 Å². The first kappa shape index (κ1) is 14.7. The van der Waals surface area contributed by atoms with Gasteiger partial charge in [0, 0.05) is 19.1 Å². The predicted molar refractivity (Wildman–Crippen MR) is 76.2 cm³/mol. The third-order valence-electron chi connectivity index (χ3n) is 2.98. The summed E-state index contributed by atoms with van der Waals surface area (Å²) in [6, 6.07) is 10.5. The number of likely N-dealkylation sites (N-methyl/N-ethyl adjacent to an activating group) is 1. The summed E-state index contributed by atoms with van der Waals surface area (Å²) in [7, 11) is 0. The van der Waals surface area contributed by atoms with E-state index in [-0.39, 0.29) is 6.04 Å². The number of benzene rings is 1. The van der Waals surface area contributed by atoms with Crippen molar-refractivity contribution in [2.45, 2.75) is 32.9 Å². The molecule has 5 nitrogen and oxygen atoms in total. The van der Waals surface area contributed by atoms with Gasteiger partial charge < -0.3 is 14.6 Å². The molecular formula is C15H21N3O2. The van der Waals surface area contributed by atoms with Crippen LogP contribution in [-0.2, 0) is 17.8 Å². The fourth-order valence-corrected chi connectivity index (χ4v) is 2.04. The molecule has 1 aromatic carbocycles. The predicted octanol–water partition coefficient (Wildman–Crippen LogP) is 2.50. The van der Waals surface area contributed by atoms with E-state index in [1.54, 1.807) is 0 Å². The molecule has 1 N–H and O–H groups in total. The quantitative estimate of drug-likeness (QED) is 0.802. The van der Waals surface area contributed by atoms with Crippen molar-refractivity contribution in [2.75, 3.05) is 13.2 Å². The number of ether oxygens (including phenoxy) is 1. The molecule has 0 amide bonds. The molecule has 1 heterocycles. The molecule has 0 saturated carbocycles. The summed E-state index contributed by atoms with van der Waals surface area (Å²) >= 11 is 0. The van der Waals surface area contributed by atoms with Gasteiger partial charge in [-0.2, -0.15) is 4.98 Å². The maximum absolute atomic E-state index is 5.28. The van der Waals surface area contributed by atoms with E-state index < -0.39 is 0 Å². The van der Waals surface area contributed by atoms with Gasteiger partial charge in [0.15, 0.2) is 5.82 Å². The Hall–Kier alpha value is -1.72. The van der Waals surface area contributed by atoms with Crippen molar-refractivity contribution in [1.82, 2.24) is 15.5 Å². The summed E-state index contributed by atoms with van der Waals surface area (Å²) in [6.07, 6.45) is 0.678. The van der Waals surface area contributed by atoms with Gasteiger partial charge in [0.05, 0.1) is 0 Å². The molecule has 108 valence electrons. The van der Waals surface area contributed by atoms with Gasteiger partial charge in [0.1, 0.15) is 6.61 Å². The fraction of sp³-hybridized carbons (Fsp3) is 0.467. The van der Waals surface area contributed by atoms with Gasteiger partial charge in [0.25, 0.3) is 0 Å². The van der Waals surface area contributed by atoms with Crippen LogP contribution in [0.2, 0.25) is 0 Å². The fourth-order valence-electron chi connectivity index (χ4n) is 2.04. The van der Waals surface area contributed by atoms with Gasteiger partial charge in [-0.25, -0.2) is 0 Å². The lowest BCUT2D eigenvalue weighted by molar-refractivity contribution is 0.126. The molecule has 0 bridgehead atoms. The van der Waals surface area contributed by atoms with Crippen molar-refractivity contribution >= 4 is 0 Å². The van der Waals surface area contributed by atoms with E-state index in [1.165, 1.54) is 5.56 Å². The summed E-state index contributed by atoms with van der Waals surface area (Å²) in [4.78, 5) is 4.35. The average molecular weight is 275 g/mol. The number of hydrogen-bond acceptors (Lipinski definition) is 5. The number of aromatic nitrogens is 2. The Morgan fingerprint density at radius 3 is 2.75 bits per heavy atom.